The molecule has 0 aromatic heterocycles. The van der Waals surface area contributed by atoms with Crippen LogP contribution in [0, 0.1) is 5.92 Å². The van der Waals surface area contributed by atoms with Crippen LogP contribution < -0.4 is 11.1 Å². The van der Waals surface area contributed by atoms with E-state index in [4.69, 9.17) is 10.5 Å². The number of rotatable bonds is 12. The third kappa shape index (κ3) is 6.41. The summed E-state index contributed by atoms with van der Waals surface area (Å²) >= 11 is 0. The van der Waals surface area contributed by atoms with Crippen LogP contribution in [0.2, 0.25) is 0 Å². The summed E-state index contributed by atoms with van der Waals surface area (Å²) in [5.74, 6) is 1.74. The van der Waals surface area contributed by atoms with Crippen molar-refractivity contribution in [2.24, 2.45) is 11.7 Å². The molecule has 2 aliphatic rings. The fraction of sp³-hybridized carbons (Fsp3) is 0.545. The van der Waals surface area contributed by atoms with Crippen molar-refractivity contribution in [3.05, 3.63) is 60.2 Å². The quantitative estimate of drug-likeness (QED) is 0.521. The second-order valence-corrected chi connectivity index (χ2v) is 7.40. The molecule has 4 heteroatoms. The molecule has 1 saturated carbocycles. The van der Waals surface area contributed by atoms with E-state index in [9.17, 15) is 0 Å². The predicted molar refractivity (Wildman–Crippen MR) is 110 cm³/mol. The Balaban J connectivity index is 1.89. The van der Waals surface area contributed by atoms with Crippen LogP contribution in [0.3, 0.4) is 0 Å². The first kappa shape index (κ1) is 20.4. The Labute approximate surface area is 159 Å². The second kappa shape index (κ2) is 10.3. The fourth-order valence-corrected chi connectivity index (χ4v) is 2.94. The van der Waals surface area contributed by atoms with Crippen molar-refractivity contribution in [1.29, 1.82) is 0 Å². The van der Waals surface area contributed by atoms with Crippen molar-refractivity contribution < 1.29 is 4.74 Å². The molecule has 0 amide bonds. The van der Waals surface area contributed by atoms with E-state index < -0.39 is 0 Å². The average Bonchev–Trinajstić information content (AvgIpc) is 3.46. The van der Waals surface area contributed by atoms with Crippen molar-refractivity contribution >= 4 is 0 Å². The van der Waals surface area contributed by atoms with Crippen LogP contribution in [0.25, 0.3) is 0 Å². The Morgan fingerprint density at radius 2 is 2.23 bits per heavy atom. The van der Waals surface area contributed by atoms with Crippen LogP contribution in [-0.2, 0) is 4.74 Å². The Morgan fingerprint density at radius 3 is 2.85 bits per heavy atom. The van der Waals surface area contributed by atoms with Gasteiger partial charge < -0.3 is 20.7 Å². The highest BCUT2D eigenvalue weighted by Crippen LogP contribution is 2.30. The molecule has 1 heterocycles. The number of hydrogen-bond donors (Lipinski definition) is 2. The topological polar surface area (TPSA) is 50.5 Å². The predicted octanol–water partition coefficient (Wildman–Crippen LogP) is 3.86. The van der Waals surface area contributed by atoms with Gasteiger partial charge in [0, 0.05) is 32.4 Å². The van der Waals surface area contributed by atoms with E-state index in [1.807, 2.05) is 6.20 Å². The normalized spacial score (nSPS) is 18.7. The number of nitrogens with zero attached hydrogens (tertiary/aromatic N) is 1. The minimum Gasteiger partial charge on any atom is -0.479 e. The zero-order valence-corrected chi connectivity index (χ0v) is 16.5. The van der Waals surface area contributed by atoms with Gasteiger partial charge in [-0.2, -0.15) is 0 Å². The van der Waals surface area contributed by atoms with Gasteiger partial charge in [0.15, 0.2) is 5.88 Å². The fourth-order valence-electron chi connectivity index (χ4n) is 2.94. The average molecular weight is 358 g/mol. The monoisotopic (exact) mass is 357 g/mol. The molecule has 1 fully saturated rings. The SMILES string of the molecule is C=CC(=C)/C(=C/NCC1=CC=C(OCC2CC2)N(C)C1)C(N)CCCC. The van der Waals surface area contributed by atoms with Gasteiger partial charge >= 0.3 is 0 Å². The summed E-state index contributed by atoms with van der Waals surface area (Å²) in [4.78, 5) is 2.17. The van der Waals surface area contributed by atoms with E-state index in [-0.39, 0.29) is 6.04 Å². The largest absolute Gasteiger partial charge is 0.479 e. The molecule has 1 aliphatic heterocycles. The molecule has 2 rings (SSSR count). The van der Waals surface area contributed by atoms with Crippen molar-refractivity contribution in [3.8, 4) is 0 Å². The summed E-state index contributed by atoms with van der Waals surface area (Å²) < 4.78 is 5.90. The molecule has 1 atom stereocenters. The van der Waals surface area contributed by atoms with Crippen LogP contribution in [0.1, 0.15) is 39.0 Å². The summed E-state index contributed by atoms with van der Waals surface area (Å²) in [6.45, 7) is 12.6. The van der Waals surface area contributed by atoms with Crippen molar-refractivity contribution in [1.82, 2.24) is 10.2 Å². The molecule has 1 aliphatic carbocycles. The van der Waals surface area contributed by atoms with Crippen LogP contribution in [0.15, 0.2) is 60.2 Å². The minimum atomic E-state index is -0.00159. The van der Waals surface area contributed by atoms with Crippen LogP contribution >= 0.6 is 0 Å². The molecule has 1 unspecified atom stereocenters. The summed E-state index contributed by atoms with van der Waals surface area (Å²) in [5, 5.41) is 3.41. The van der Waals surface area contributed by atoms with Gasteiger partial charge in [-0.05, 0) is 48.0 Å². The summed E-state index contributed by atoms with van der Waals surface area (Å²) in [6.07, 6.45) is 13.9. The number of allylic oxidation sites excluding steroid dienone is 3. The lowest BCUT2D eigenvalue weighted by Crippen LogP contribution is -2.29. The molecule has 4 nitrogen and oxygen atoms in total. The minimum absolute atomic E-state index is 0.00159. The lowest BCUT2D eigenvalue weighted by Gasteiger charge is -2.27. The maximum atomic E-state index is 6.34. The highest BCUT2D eigenvalue weighted by Gasteiger charge is 2.23. The number of unbranched alkanes of at least 4 members (excludes halogenated alkanes) is 1. The standard InChI is InChI=1S/C22H35N3O/c1-5-7-8-21(23)20(17(3)6-2)14-24-13-19-11-12-22(25(4)15-19)26-16-18-9-10-18/h6,11-12,14,18,21,24H,2-3,5,7-10,13,15-16,23H2,1,4H3/b20-14-. The van der Waals surface area contributed by atoms with Crippen molar-refractivity contribution in [2.45, 2.75) is 45.1 Å². The Morgan fingerprint density at radius 1 is 1.46 bits per heavy atom. The summed E-state index contributed by atoms with van der Waals surface area (Å²) in [7, 11) is 2.08. The third-order valence-electron chi connectivity index (χ3n) is 4.91. The van der Waals surface area contributed by atoms with Gasteiger partial charge in [0.25, 0.3) is 0 Å². The van der Waals surface area contributed by atoms with Gasteiger partial charge in [-0.25, -0.2) is 0 Å². The Hall–Kier alpha value is -1.94. The molecule has 0 saturated heterocycles. The van der Waals surface area contributed by atoms with E-state index in [1.165, 1.54) is 18.4 Å². The van der Waals surface area contributed by atoms with Crippen LogP contribution in [-0.4, -0.2) is 37.7 Å². The van der Waals surface area contributed by atoms with Gasteiger partial charge in [-0.15, -0.1) is 0 Å². The molecule has 0 bridgehead atoms. The number of nitrogens with one attached hydrogen (secondary N) is 1. The molecule has 0 spiro atoms. The highest BCUT2D eigenvalue weighted by molar-refractivity contribution is 5.39. The zero-order valence-electron chi connectivity index (χ0n) is 16.5. The maximum Gasteiger partial charge on any atom is 0.189 e. The first-order valence-electron chi connectivity index (χ1n) is 9.79. The van der Waals surface area contributed by atoms with Crippen molar-refractivity contribution in [2.75, 3.05) is 26.7 Å². The highest BCUT2D eigenvalue weighted by atomic mass is 16.5. The second-order valence-electron chi connectivity index (χ2n) is 7.40. The van der Waals surface area contributed by atoms with Gasteiger partial charge in [0.05, 0.1) is 6.61 Å². The maximum absolute atomic E-state index is 6.34. The lowest BCUT2D eigenvalue weighted by molar-refractivity contribution is 0.122. The molecule has 0 aromatic rings. The van der Waals surface area contributed by atoms with Crippen LogP contribution in [0.4, 0.5) is 0 Å². The molecule has 26 heavy (non-hydrogen) atoms. The summed E-state index contributed by atoms with van der Waals surface area (Å²) in [6, 6.07) is -0.00159. The van der Waals surface area contributed by atoms with Gasteiger partial charge in [-0.3, -0.25) is 0 Å². The zero-order chi connectivity index (χ0) is 18.9. The number of likely N-dealkylation sites (N-methyl/N-ethyl adjacent to an activating group) is 1. The first-order chi connectivity index (χ1) is 12.5. The third-order valence-corrected chi connectivity index (χ3v) is 4.91. The first-order valence-corrected chi connectivity index (χ1v) is 9.79. The Bertz CT molecular complexity index is 584. The molecule has 0 aromatic carbocycles. The van der Waals surface area contributed by atoms with E-state index >= 15 is 0 Å². The van der Waals surface area contributed by atoms with Gasteiger partial charge in [0.1, 0.15) is 0 Å². The Kier molecular flexibility index (Phi) is 8.05. The van der Waals surface area contributed by atoms with Crippen LogP contribution in [0.5, 0.6) is 0 Å². The molecular formula is C22H35N3O. The van der Waals surface area contributed by atoms with Crippen molar-refractivity contribution in [3.63, 3.8) is 0 Å². The lowest BCUT2D eigenvalue weighted by atomic mass is 9.97. The molecular weight excluding hydrogens is 322 g/mol. The van der Waals surface area contributed by atoms with Gasteiger partial charge in [-0.1, -0.05) is 45.1 Å². The van der Waals surface area contributed by atoms with E-state index in [0.717, 1.165) is 61.9 Å². The number of hydrogen-bond acceptors (Lipinski definition) is 4. The number of nitrogens with two attached hydrogens (primary N) is 1. The smallest absolute Gasteiger partial charge is 0.189 e. The van der Waals surface area contributed by atoms with E-state index in [2.05, 4.69) is 49.5 Å². The summed E-state index contributed by atoms with van der Waals surface area (Å²) in [5.41, 5.74) is 9.59. The van der Waals surface area contributed by atoms with E-state index in [1.54, 1.807) is 6.08 Å². The van der Waals surface area contributed by atoms with E-state index in [0.29, 0.717) is 0 Å². The molecule has 144 valence electrons. The molecule has 0 radical (unpaired) electrons. The van der Waals surface area contributed by atoms with Gasteiger partial charge in [0.2, 0.25) is 0 Å². The number of ether oxygens (including phenoxy) is 1. The molecule has 3 N–H and O–H groups in total.